The van der Waals surface area contributed by atoms with Gasteiger partial charge in [0.05, 0.1) is 7.11 Å². The third-order valence-corrected chi connectivity index (χ3v) is 6.68. The van der Waals surface area contributed by atoms with Gasteiger partial charge < -0.3 is 15.4 Å². The first kappa shape index (κ1) is 22.1. The molecule has 2 fully saturated rings. The molecule has 2 amide bonds. The van der Waals surface area contributed by atoms with Crippen molar-refractivity contribution in [2.45, 2.75) is 56.9 Å². The van der Waals surface area contributed by atoms with Gasteiger partial charge in [-0.25, -0.2) is 0 Å². The Morgan fingerprint density at radius 3 is 2.50 bits per heavy atom. The van der Waals surface area contributed by atoms with Gasteiger partial charge in [-0.15, -0.1) is 0 Å². The highest BCUT2D eigenvalue weighted by Gasteiger charge is 2.52. The molecule has 1 saturated carbocycles. The Morgan fingerprint density at radius 1 is 1.09 bits per heavy atom. The van der Waals surface area contributed by atoms with Gasteiger partial charge in [-0.05, 0) is 61.1 Å². The van der Waals surface area contributed by atoms with Crippen molar-refractivity contribution in [1.82, 2.24) is 5.32 Å². The second-order valence-electron chi connectivity index (χ2n) is 9.09. The number of nitrogens with one attached hydrogen (secondary N) is 2. The van der Waals surface area contributed by atoms with Gasteiger partial charge in [0.25, 0.3) is 0 Å². The number of ketones is 1. The number of Topliss-reactive ketones (excluding diaryl/α,β-unsaturated/α-hetero) is 1. The number of hydrogen-bond acceptors (Lipinski definition) is 4. The number of ether oxygens (including phenoxy) is 1. The van der Waals surface area contributed by atoms with Crippen LogP contribution in [0.1, 0.15) is 56.1 Å². The van der Waals surface area contributed by atoms with Crippen LogP contribution in [-0.2, 0) is 20.8 Å². The molecule has 6 nitrogen and oxygen atoms in total. The van der Waals surface area contributed by atoms with Crippen molar-refractivity contribution in [3.8, 4) is 5.75 Å². The standard InChI is InChI=1S/C26H30N2O4/c1-26(16-17-7-6-10-21(15-17)32-2)23(29)22(25(31)28-26)24(30)27-20-13-11-19(12-14-20)18-8-4-3-5-9-18/h6-7,10-15,18,22H,3-5,8-9,16H2,1-2H3,(H,27,30)(H,28,31). The lowest BCUT2D eigenvalue weighted by Gasteiger charge is -2.23. The highest BCUT2D eigenvalue weighted by molar-refractivity contribution is 6.27. The molecule has 168 valence electrons. The average molecular weight is 435 g/mol. The Bertz CT molecular complexity index is 1010. The number of carbonyl (C=O) groups is 3. The molecule has 0 bridgehead atoms. The van der Waals surface area contributed by atoms with Crippen LogP contribution in [0.5, 0.6) is 5.75 Å². The van der Waals surface area contributed by atoms with Crippen molar-refractivity contribution in [3.63, 3.8) is 0 Å². The van der Waals surface area contributed by atoms with E-state index in [1.54, 1.807) is 14.0 Å². The second-order valence-corrected chi connectivity index (χ2v) is 9.09. The SMILES string of the molecule is COc1cccc(CC2(C)NC(=O)C(C(=O)Nc3ccc(C4CCCCC4)cc3)C2=O)c1. The maximum Gasteiger partial charge on any atom is 0.244 e. The summed E-state index contributed by atoms with van der Waals surface area (Å²) >= 11 is 0. The van der Waals surface area contributed by atoms with Crippen molar-refractivity contribution < 1.29 is 19.1 Å². The molecule has 32 heavy (non-hydrogen) atoms. The van der Waals surface area contributed by atoms with E-state index in [-0.39, 0.29) is 6.42 Å². The van der Waals surface area contributed by atoms with E-state index in [2.05, 4.69) is 10.6 Å². The summed E-state index contributed by atoms with van der Waals surface area (Å²) in [6.45, 7) is 1.67. The summed E-state index contributed by atoms with van der Waals surface area (Å²) in [5.41, 5.74) is 1.58. The zero-order valence-electron chi connectivity index (χ0n) is 18.6. The molecule has 2 aliphatic rings. The maximum atomic E-state index is 13.1. The highest BCUT2D eigenvalue weighted by atomic mass is 16.5. The predicted molar refractivity (Wildman–Crippen MR) is 123 cm³/mol. The van der Waals surface area contributed by atoms with Gasteiger partial charge in [0, 0.05) is 12.1 Å². The van der Waals surface area contributed by atoms with Crippen molar-refractivity contribution in [1.29, 1.82) is 0 Å². The molecule has 0 radical (unpaired) electrons. The quantitative estimate of drug-likeness (QED) is 0.673. The number of carbonyl (C=O) groups excluding carboxylic acids is 3. The van der Waals surface area contributed by atoms with E-state index in [0.29, 0.717) is 17.4 Å². The molecule has 0 spiro atoms. The summed E-state index contributed by atoms with van der Waals surface area (Å²) in [5.74, 6) is -1.67. The molecule has 0 aromatic heterocycles. The van der Waals surface area contributed by atoms with Crippen molar-refractivity contribution in [2.24, 2.45) is 5.92 Å². The zero-order chi connectivity index (χ0) is 22.7. The van der Waals surface area contributed by atoms with Crippen LogP contribution in [0.3, 0.4) is 0 Å². The molecule has 2 atom stereocenters. The van der Waals surface area contributed by atoms with Gasteiger partial charge in [-0.3, -0.25) is 14.4 Å². The number of benzene rings is 2. The van der Waals surface area contributed by atoms with Gasteiger partial charge in [-0.2, -0.15) is 0 Å². The Kier molecular flexibility index (Phi) is 6.31. The molecule has 1 aliphatic heterocycles. The Balaban J connectivity index is 1.43. The van der Waals surface area contributed by atoms with Gasteiger partial charge in [-0.1, -0.05) is 43.5 Å². The van der Waals surface area contributed by atoms with Crippen LogP contribution in [-0.4, -0.2) is 30.2 Å². The second kappa shape index (κ2) is 9.15. The average Bonchev–Trinajstić information content (AvgIpc) is 3.02. The van der Waals surface area contributed by atoms with Crippen LogP contribution in [0.15, 0.2) is 48.5 Å². The first-order valence-electron chi connectivity index (χ1n) is 11.3. The fraction of sp³-hybridized carbons (Fsp3) is 0.423. The molecule has 2 aromatic rings. The number of rotatable bonds is 6. The normalized spacial score (nSPS) is 23.6. The molecule has 4 rings (SSSR count). The summed E-state index contributed by atoms with van der Waals surface area (Å²) in [6, 6.07) is 15.1. The number of hydrogen-bond donors (Lipinski definition) is 2. The van der Waals surface area contributed by atoms with Crippen LogP contribution >= 0.6 is 0 Å². The molecule has 2 unspecified atom stereocenters. The lowest BCUT2D eigenvalue weighted by Crippen LogP contribution is -2.45. The van der Waals surface area contributed by atoms with Crippen LogP contribution in [0.4, 0.5) is 5.69 Å². The predicted octanol–water partition coefficient (Wildman–Crippen LogP) is 4.00. The molecular weight excluding hydrogens is 404 g/mol. The summed E-state index contributed by atoms with van der Waals surface area (Å²) in [6.07, 6.45) is 6.52. The maximum absolute atomic E-state index is 13.1. The Hall–Kier alpha value is -3.15. The molecule has 2 aromatic carbocycles. The minimum Gasteiger partial charge on any atom is -0.497 e. The fourth-order valence-corrected chi connectivity index (χ4v) is 4.89. The van der Waals surface area contributed by atoms with E-state index in [0.717, 1.165) is 5.56 Å². The Morgan fingerprint density at radius 2 is 1.81 bits per heavy atom. The molecule has 2 N–H and O–H groups in total. The minimum absolute atomic E-state index is 0.286. The minimum atomic E-state index is -1.36. The van der Waals surface area contributed by atoms with Gasteiger partial charge >= 0.3 is 0 Å². The Labute approximate surface area is 188 Å². The topological polar surface area (TPSA) is 84.5 Å². The zero-order valence-corrected chi connectivity index (χ0v) is 18.6. The lowest BCUT2D eigenvalue weighted by molar-refractivity contribution is -0.135. The molecular formula is C26H30N2O4. The van der Waals surface area contributed by atoms with Crippen LogP contribution < -0.4 is 15.4 Å². The highest BCUT2D eigenvalue weighted by Crippen LogP contribution is 2.33. The summed E-state index contributed by atoms with van der Waals surface area (Å²) in [7, 11) is 1.57. The van der Waals surface area contributed by atoms with Gasteiger partial charge in [0.1, 0.15) is 11.3 Å². The summed E-state index contributed by atoms with van der Waals surface area (Å²) < 4.78 is 5.24. The number of anilines is 1. The van der Waals surface area contributed by atoms with E-state index < -0.39 is 29.1 Å². The van der Waals surface area contributed by atoms with Crippen molar-refractivity contribution in [3.05, 3.63) is 59.7 Å². The largest absolute Gasteiger partial charge is 0.497 e. The molecule has 1 saturated heterocycles. The van der Waals surface area contributed by atoms with Crippen LogP contribution in [0, 0.1) is 5.92 Å². The van der Waals surface area contributed by atoms with Crippen LogP contribution in [0.2, 0.25) is 0 Å². The van der Waals surface area contributed by atoms with Gasteiger partial charge in [0.2, 0.25) is 11.8 Å². The lowest BCUT2D eigenvalue weighted by atomic mass is 9.84. The smallest absolute Gasteiger partial charge is 0.244 e. The first-order chi connectivity index (χ1) is 15.4. The number of amides is 2. The number of methoxy groups -OCH3 is 1. The van der Waals surface area contributed by atoms with E-state index in [4.69, 9.17) is 4.74 Å². The summed E-state index contributed by atoms with van der Waals surface area (Å²) in [4.78, 5) is 38.6. The third kappa shape index (κ3) is 4.54. The summed E-state index contributed by atoms with van der Waals surface area (Å²) in [5, 5.41) is 5.50. The van der Waals surface area contributed by atoms with Crippen molar-refractivity contribution >= 4 is 23.3 Å². The molecule has 1 heterocycles. The van der Waals surface area contributed by atoms with Crippen molar-refractivity contribution in [2.75, 3.05) is 12.4 Å². The van der Waals surface area contributed by atoms with Crippen LogP contribution in [0.25, 0.3) is 0 Å². The first-order valence-corrected chi connectivity index (χ1v) is 11.3. The monoisotopic (exact) mass is 434 g/mol. The van der Waals surface area contributed by atoms with E-state index >= 15 is 0 Å². The van der Waals surface area contributed by atoms with E-state index in [1.807, 2.05) is 48.5 Å². The van der Waals surface area contributed by atoms with Gasteiger partial charge in [0.15, 0.2) is 11.7 Å². The molecule has 6 heteroatoms. The van der Waals surface area contributed by atoms with E-state index in [9.17, 15) is 14.4 Å². The third-order valence-electron chi connectivity index (χ3n) is 6.68. The molecule has 1 aliphatic carbocycles. The fourth-order valence-electron chi connectivity index (χ4n) is 4.89. The van der Waals surface area contributed by atoms with E-state index in [1.165, 1.54) is 37.7 Å².